The Labute approximate surface area is 285 Å². The van der Waals surface area contributed by atoms with Gasteiger partial charge in [-0.2, -0.15) is 0 Å². The van der Waals surface area contributed by atoms with Crippen LogP contribution in [0, 0.1) is 0 Å². The number of aliphatic hydroxyl groups is 1. The van der Waals surface area contributed by atoms with E-state index in [1.807, 2.05) is 31.2 Å². The maximum Gasteiger partial charge on any atom is 0.301 e. The van der Waals surface area contributed by atoms with Gasteiger partial charge in [-0.1, -0.05) is 66.2 Å². The van der Waals surface area contributed by atoms with Crippen molar-refractivity contribution < 1.29 is 33.6 Å². The van der Waals surface area contributed by atoms with E-state index in [0.717, 1.165) is 18.4 Å². The smallest absolute Gasteiger partial charge is 0.301 e. The van der Waals surface area contributed by atoms with Crippen LogP contribution in [-0.2, 0) is 15.3 Å². The van der Waals surface area contributed by atoms with E-state index in [0.29, 0.717) is 75.7 Å². The Morgan fingerprint density at radius 2 is 1.79 bits per heavy atom. The van der Waals surface area contributed by atoms with Crippen LogP contribution in [0.4, 0.5) is 5.13 Å². The van der Waals surface area contributed by atoms with Gasteiger partial charge in [0, 0.05) is 16.3 Å². The van der Waals surface area contributed by atoms with Crippen molar-refractivity contribution >= 4 is 57.3 Å². The van der Waals surface area contributed by atoms with Gasteiger partial charge >= 0.3 is 5.91 Å². The number of Topliss-reactive ketones (excluding diaryl/α,β-unsaturated/α-hetero) is 1. The highest BCUT2D eigenvalue weighted by Gasteiger charge is 2.48. The van der Waals surface area contributed by atoms with Crippen molar-refractivity contribution in [3.8, 4) is 23.0 Å². The Balaban J connectivity index is 1.41. The lowest BCUT2D eigenvalue weighted by Gasteiger charge is -2.24. The number of rotatable bonds is 12. The number of carbonyl (C=O) groups excluding carboxylic acids is 2. The van der Waals surface area contributed by atoms with Gasteiger partial charge < -0.3 is 24.1 Å². The molecule has 244 valence electrons. The zero-order valence-electron chi connectivity index (χ0n) is 25.7. The second-order valence-corrected chi connectivity index (χ2v) is 13.2. The Morgan fingerprint density at radius 3 is 2.55 bits per heavy atom. The molecule has 0 spiro atoms. The standard InChI is InChI=1S/C34H32ClN3O7S2/c1-3-5-14-43-24-12-8-21(17-26(24)42-4-2)29-28(30(39)22-9-13-25-27(18-22)45-16-15-44-25)31(40)32(41)38(29)33-36-37-34(47-33)46-19-20-6-10-23(35)11-7-20/h6-13,17-18,29,39H,3-5,14-16,19H2,1-2H3. The molecular formula is C34H32ClN3O7S2. The van der Waals surface area contributed by atoms with Crippen molar-refractivity contribution in [2.75, 3.05) is 31.3 Å². The van der Waals surface area contributed by atoms with Crippen molar-refractivity contribution in [3.05, 3.63) is 87.9 Å². The number of carbonyl (C=O) groups is 2. The van der Waals surface area contributed by atoms with Gasteiger partial charge in [-0.15, -0.1) is 10.2 Å². The number of ether oxygens (including phenoxy) is 4. The average Bonchev–Trinajstić information content (AvgIpc) is 3.66. The molecule has 1 atom stereocenters. The van der Waals surface area contributed by atoms with Crippen LogP contribution in [0.25, 0.3) is 5.76 Å². The van der Waals surface area contributed by atoms with Crippen molar-refractivity contribution in [1.29, 1.82) is 0 Å². The number of nitrogens with zero attached hydrogens (tertiary/aromatic N) is 3. The van der Waals surface area contributed by atoms with E-state index < -0.39 is 17.7 Å². The molecule has 0 bridgehead atoms. The number of aromatic nitrogens is 2. The normalized spacial score (nSPS) is 16.8. The number of thioether (sulfide) groups is 1. The molecular weight excluding hydrogens is 662 g/mol. The number of hydrogen-bond acceptors (Lipinski definition) is 11. The number of fused-ring (bicyclic) bond motifs is 1. The lowest BCUT2D eigenvalue weighted by molar-refractivity contribution is -0.132. The molecule has 1 aromatic heterocycles. The number of benzene rings is 3. The predicted octanol–water partition coefficient (Wildman–Crippen LogP) is 7.46. The van der Waals surface area contributed by atoms with Gasteiger partial charge in [0.25, 0.3) is 5.78 Å². The molecule has 0 radical (unpaired) electrons. The molecule has 3 heterocycles. The first kappa shape index (κ1) is 32.7. The van der Waals surface area contributed by atoms with Crippen molar-refractivity contribution in [1.82, 2.24) is 10.2 Å². The van der Waals surface area contributed by atoms with Crippen molar-refractivity contribution in [2.24, 2.45) is 0 Å². The minimum atomic E-state index is -1.03. The molecule has 2 aliphatic rings. The summed E-state index contributed by atoms with van der Waals surface area (Å²) in [4.78, 5) is 28.9. The summed E-state index contributed by atoms with van der Waals surface area (Å²) < 4.78 is 23.9. The summed E-state index contributed by atoms with van der Waals surface area (Å²) in [6.45, 7) is 5.58. The SMILES string of the molecule is CCCCOc1ccc(C2C(=C(O)c3ccc4c(c3)OCCO4)C(=O)C(=O)N2c2nnc(SCc3ccc(Cl)cc3)s2)cc1OCC. The molecule has 6 rings (SSSR count). The van der Waals surface area contributed by atoms with Crippen LogP contribution in [0.5, 0.6) is 23.0 Å². The van der Waals surface area contributed by atoms with Gasteiger partial charge in [0.15, 0.2) is 27.3 Å². The van der Waals surface area contributed by atoms with E-state index in [9.17, 15) is 14.7 Å². The summed E-state index contributed by atoms with van der Waals surface area (Å²) in [6.07, 6.45) is 1.84. The highest BCUT2D eigenvalue weighted by atomic mass is 35.5. The fourth-order valence-electron chi connectivity index (χ4n) is 5.18. The molecule has 1 fully saturated rings. The minimum Gasteiger partial charge on any atom is -0.507 e. The van der Waals surface area contributed by atoms with Gasteiger partial charge in [0.2, 0.25) is 5.13 Å². The summed E-state index contributed by atoms with van der Waals surface area (Å²) in [6, 6.07) is 16.6. The quantitative estimate of drug-likeness (QED) is 0.0400. The highest BCUT2D eigenvalue weighted by molar-refractivity contribution is 8.00. The van der Waals surface area contributed by atoms with Crippen LogP contribution in [0.15, 0.2) is 70.6 Å². The maximum atomic E-state index is 13.8. The maximum absolute atomic E-state index is 13.8. The van der Waals surface area contributed by atoms with Crippen molar-refractivity contribution in [2.45, 2.75) is 42.8 Å². The van der Waals surface area contributed by atoms with Crippen LogP contribution in [0.3, 0.4) is 0 Å². The van der Waals surface area contributed by atoms with E-state index in [-0.39, 0.29) is 16.5 Å². The Hall–Kier alpha value is -4.26. The molecule has 10 nitrogen and oxygen atoms in total. The number of halogens is 1. The van der Waals surface area contributed by atoms with Gasteiger partial charge in [-0.3, -0.25) is 14.5 Å². The molecule has 13 heteroatoms. The van der Waals surface area contributed by atoms with Crippen LogP contribution < -0.4 is 23.8 Å². The summed E-state index contributed by atoms with van der Waals surface area (Å²) in [5, 5.41) is 21.2. The van der Waals surface area contributed by atoms with Gasteiger partial charge in [-0.05, 0) is 66.9 Å². The number of anilines is 1. The van der Waals surface area contributed by atoms with Gasteiger partial charge in [-0.25, -0.2) is 0 Å². The van der Waals surface area contributed by atoms with E-state index in [4.69, 9.17) is 30.5 Å². The Kier molecular flexibility index (Phi) is 10.2. The first-order valence-electron chi connectivity index (χ1n) is 15.2. The molecule has 1 amide bonds. The third kappa shape index (κ3) is 7.04. The highest BCUT2D eigenvalue weighted by Crippen LogP contribution is 2.46. The van der Waals surface area contributed by atoms with Gasteiger partial charge in [0.1, 0.15) is 19.0 Å². The molecule has 1 unspecified atom stereocenters. The molecule has 47 heavy (non-hydrogen) atoms. The van der Waals surface area contributed by atoms with Crippen LogP contribution in [0.1, 0.15) is 49.4 Å². The van der Waals surface area contributed by atoms with Crippen LogP contribution >= 0.6 is 34.7 Å². The first-order valence-corrected chi connectivity index (χ1v) is 17.4. The summed E-state index contributed by atoms with van der Waals surface area (Å²) in [7, 11) is 0. The lowest BCUT2D eigenvalue weighted by atomic mass is 9.95. The number of unbranched alkanes of at least 4 members (excludes halogenated alkanes) is 1. The van der Waals surface area contributed by atoms with Crippen LogP contribution in [0.2, 0.25) is 5.02 Å². The number of amides is 1. The molecule has 2 aliphatic heterocycles. The average molecular weight is 694 g/mol. The summed E-state index contributed by atoms with van der Waals surface area (Å²) in [5.41, 5.74) is 1.78. The van der Waals surface area contributed by atoms with E-state index >= 15 is 0 Å². The molecule has 0 aliphatic carbocycles. The molecule has 3 aromatic carbocycles. The minimum absolute atomic E-state index is 0.0978. The summed E-state index contributed by atoms with van der Waals surface area (Å²) >= 11 is 8.66. The number of aliphatic hydroxyl groups excluding tert-OH is 1. The van der Waals surface area contributed by atoms with E-state index in [1.165, 1.54) is 28.0 Å². The number of hydrogen-bond donors (Lipinski definition) is 1. The molecule has 0 saturated carbocycles. The second kappa shape index (κ2) is 14.7. The third-order valence-corrected chi connectivity index (χ3v) is 9.86. The summed E-state index contributed by atoms with van der Waals surface area (Å²) in [5.74, 6) is 0.542. The fourth-order valence-corrected chi connectivity index (χ4v) is 7.13. The molecule has 1 N–H and O–H groups in total. The first-order chi connectivity index (χ1) is 22.9. The second-order valence-electron chi connectivity index (χ2n) is 10.6. The molecule has 4 aromatic rings. The molecule has 1 saturated heterocycles. The topological polar surface area (TPSA) is 120 Å². The van der Waals surface area contributed by atoms with Crippen molar-refractivity contribution in [3.63, 3.8) is 0 Å². The number of ketones is 1. The monoisotopic (exact) mass is 693 g/mol. The van der Waals surface area contributed by atoms with Crippen LogP contribution in [-0.4, -0.2) is 53.4 Å². The third-order valence-electron chi connectivity index (χ3n) is 7.48. The predicted molar refractivity (Wildman–Crippen MR) is 181 cm³/mol. The zero-order valence-corrected chi connectivity index (χ0v) is 28.1. The zero-order chi connectivity index (χ0) is 32.9. The Morgan fingerprint density at radius 1 is 1.00 bits per heavy atom. The largest absolute Gasteiger partial charge is 0.507 e. The lowest BCUT2D eigenvalue weighted by Crippen LogP contribution is -2.29. The fraction of sp³-hybridized carbons (Fsp3) is 0.294. The van der Waals surface area contributed by atoms with E-state index in [2.05, 4.69) is 17.1 Å². The van der Waals surface area contributed by atoms with E-state index in [1.54, 1.807) is 36.4 Å². The Bertz CT molecular complexity index is 1810. The van der Waals surface area contributed by atoms with Gasteiger partial charge in [0.05, 0.1) is 24.8 Å².